The average Bonchev–Trinajstić information content (AvgIpc) is 2.52. The topological polar surface area (TPSA) is 50.4 Å². The van der Waals surface area contributed by atoms with Gasteiger partial charge in [0.2, 0.25) is 5.91 Å². The number of fused-ring (bicyclic) bond motifs is 1. The van der Waals surface area contributed by atoms with Crippen molar-refractivity contribution >= 4 is 16.7 Å². The minimum atomic E-state index is 0.0763. The molecule has 2 N–H and O–H groups in total. The Hall–Kier alpha value is -2.07. The largest absolute Gasteiger partial charge is 0.492 e. The molecule has 0 aliphatic rings. The van der Waals surface area contributed by atoms with Crippen LogP contribution in [0, 0.1) is 0 Å². The summed E-state index contributed by atoms with van der Waals surface area (Å²) in [5.41, 5.74) is 0. The highest BCUT2D eigenvalue weighted by Gasteiger charge is 2.00. The maximum atomic E-state index is 11.5. The van der Waals surface area contributed by atoms with Gasteiger partial charge < -0.3 is 15.4 Å². The summed E-state index contributed by atoms with van der Waals surface area (Å²) >= 11 is 0. The number of carbonyl (C=O) groups excluding carboxylic acids is 1. The second-order valence-corrected chi connectivity index (χ2v) is 4.91. The second-order valence-electron chi connectivity index (χ2n) is 4.91. The Labute approximate surface area is 125 Å². The lowest BCUT2D eigenvalue weighted by Crippen LogP contribution is -2.28. The predicted octanol–water partition coefficient (Wildman–Crippen LogP) is 2.33. The normalized spacial score (nSPS) is 10.5. The van der Waals surface area contributed by atoms with Gasteiger partial charge in [-0.25, -0.2) is 0 Å². The standard InChI is InChI=1S/C17H22N2O2/c1-18-10-4-7-17(20)19-11-12-21-16-9-8-14-5-2-3-6-15(14)13-16/h2-3,5-6,8-9,13,18H,4,7,10-12H2,1H3,(H,19,20). The van der Waals surface area contributed by atoms with E-state index in [9.17, 15) is 4.79 Å². The summed E-state index contributed by atoms with van der Waals surface area (Å²) in [6.45, 7) is 1.88. The number of hydrogen-bond donors (Lipinski definition) is 2. The SMILES string of the molecule is CNCCCC(=O)NCCOc1ccc2ccccc2c1. The molecular weight excluding hydrogens is 264 g/mol. The van der Waals surface area contributed by atoms with Crippen LogP contribution >= 0.6 is 0 Å². The van der Waals surface area contributed by atoms with Gasteiger partial charge in [-0.3, -0.25) is 4.79 Å². The van der Waals surface area contributed by atoms with Crippen LogP contribution in [0.4, 0.5) is 0 Å². The van der Waals surface area contributed by atoms with E-state index in [1.807, 2.05) is 37.4 Å². The molecule has 0 atom stereocenters. The number of nitrogens with one attached hydrogen (secondary N) is 2. The van der Waals surface area contributed by atoms with Gasteiger partial charge in [0, 0.05) is 6.42 Å². The first-order valence-electron chi connectivity index (χ1n) is 7.32. The molecule has 0 aliphatic carbocycles. The van der Waals surface area contributed by atoms with Crippen LogP contribution in [0.1, 0.15) is 12.8 Å². The maximum Gasteiger partial charge on any atom is 0.220 e. The molecule has 0 heterocycles. The van der Waals surface area contributed by atoms with Crippen molar-refractivity contribution in [3.63, 3.8) is 0 Å². The van der Waals surface area contributed by atoms with E-state index in [4.69, 9.17) is 4.74 Å². The van der Waals surface area contributed by atoms with Gasteiger partial charge in [0.15, 0.2) is 0 Å². The third kappa shape index (κ3) is 5.08. The van der Waals surface area contributed by atoms with Crippen LogP contribution in [0.3, 0.4) is 0 Å². The first kappa shape index (κ1) is 15.3. The zero-order valence-corrected chi connectivity index (χ0v) is 12.4. The van der Waals surface area contributed by atoms with Gasteiger partial charge in [-0.1, -0.05) is 30.3 Å². The Kier molecular flexibility index (Phi) is 6.03. The summed E-state index contributed by atoms with van der Waals surface area (Å²) < 4.78 is 5.66. The molecule has 1 amide bonds. The van der Waals surface area contributed by atoms with Crippen molar-refractivity contribution in [2.75, 3.05) is 26.7 Å². The van der Waals surface area contributed by atoms with Gasteiger partial charge in [0.1, 0.15) is 12.4 Å². The molecule has 112 valence electrons. The van der Waals surface area contributed by atoms with Crippen LogP contribution in [0.2, 0.25) is 0 Å². The first-order chi connectivity index (χ1) is 10.3. The van der Waals surface area contributed by atoms with Gasteiger partial charge in [0.25, 0.3) is 0 Å². The molecule has 0 aromatic heterocycles. The average molecular weight is 286 g/mol. The van der Waals surface area contributed by atoms with Crippen LogP contribution in [-0.2, 0) is 4.79 Å². The molecule has 0 bridgehead atoms. The Morgan fingerprint density at radius 3 is 2.71 bits per heavy atom. The quantitative estimate of drug-likeness (QED) is 0.732. The second kappa shape index (κ2) is 8.27. The Balaban J connectivity index is 1.71. The van der Waals surface area contributed by atoms with E-state index in [1.54, 1.807) is 0 Å². The molecule has 0 unspecified atom stereocenters. The number of carbonyl (C=O) groups is 1. The number of rotatable bonds is 8. The van der Waals surface area contributed by atoms with E-state index < -0.39 is 0 Å². The fourth-order valence-corrected chi connectivity index (χ4v) is 2.13. The van der Waals surface area contributed by atoms with E-state index in [-0.39, 0.29) is 5.91 Å². The minimum absolute atomic E-state index is 0.0763. The van der Waals surface area contributed by atoms with Crippen LogP contribution in [0.15, 0.2) is 42.5 Å². The van der Waals surface area contributed by atoms with E-state index in [0.717, 1.165) is 24.1 Å². The number of ether oxygens (including phenoxy) is 1. The summed E-state index contributed by atoms with van der Waals surface area (Å²) in [6.07, 6.45) is 1.41. The Morgan fingerprint density at radius 1 is 1.10 bits per heavy atom. The smallest absolute Gasteiger partial charge is 0.220 e. The van der Waals surface area contributed by atoms with Gasteiger partial charge in [-0.2, -0.15) is 0 Å². The van der Waals surface area contributed by atoms with E-state index in [1.165, 1.54) is 5.39 Å². The zero-order chi connectivity index (χ0) is 14.9. The van der Waals surface area contributed by atoms with E-state index in [0.29, 0.717) is 19.6 Å². The third-order valence-corrected chi connectivity index (χ3v) is 3.24. The Morgan fingerprint density at radius 2 is 1.90 bits per heavy atom. The lowest BCUT2D eigenvalue weighted by Gasteiger charge is -2.08. The number of benzene rings is 2. The zero-order valence-electron chi connectivity index (χ0n) is 12.4. The molecular formula is C17H22N2O2. The Bertz CT molecular complexity index is 584. The molecule has 0 saturated heterocycles. The maximum absolute atomic E-state index is 11.5. The molecule has 21 heavy (non-hydrogen) atoms. The molecule has 0 aliphatic heterocycles. The lowest BCUT2D eigenvalue weighted by molar-refractivity contribution is -0.121. The van der Waals surface area contributed by atoms with Gasteiger partial charge in [-0.05, 0) is 42.9 Å². The molecule has 0 fully saturated rings. The molecule has 4 heteroatoms. The van der Waals surface area contributed by atoms with Crippen molar-refractivity contribution in [1.29, 1.82) is 0 Å². The van der Waals surface area contributed by atoms with Crippen molar-refractivity contribution in [3.8, 4) is 5.75 Å². The summed E-state index contributed by atoms with van der Waals surface area (Å²) in [5, 5.41) is 8.23. The van der Waals surface area contributed by atoms with Crippen molar-refractivity contribution in [1.82, 2.24) is 10.6 Å². The van der Waals surface area contributed by atoms with E-state index in [2.05, 4.69) is 22.8 Å². The molecule has 0 radical (unpaired) electrons. The number of amides is 1. The van der Waals surface area contributed by atoms with Crippen LogP contribution < -0.4 is 15.4 Å². The van der Waals surface area contributed by atoms with Gasteiger partial charge in [-0.15, -0.1) is 0 Å². The molecule has 0 spiro atoms. The molecule has 2 aromatic carbocycles. The number of hydrogen-bond acceptors (Lipinski definition) is 3. The summed E-state index contributed by atoms with van der Waals surface area (Å²) in [4.78, 5) is 11.5. The van der Waals surface area contributed by atoms with Crippen LogP contribution in [-0.4, -0.2) is 32.7 Å². The fourth-order valence-electron chi connectivity index (χ4n) is 2.13. The monoisotopic (exact) mass is 286 g/mol. The summed E-state index contributed by atoms with van der Waals surface area (Å²) in [5.74, 6) is 0.908. The molecule has 2 rings (SSSR count). The minimum Gasteiger partial charge on any atom is -0.492 e. The highest BCUT2D eigenvalue weighted by Crippen LogP contribution is 2.20. The molecule has 4 nitrogen and oxygen atoms in total. The van der Waals surface area contributed by atoms with Crippen molar-refractivity contribution in [2.45, 2.75) is 12.8 Å². The van der Waals surface area contributed by atoms with Crippen LogP contribution in [0.5, 0.6) is 5.75 Å². The van der Waals surface area contributed by atoms with Gasteiger partial charge >= 0.3 is 0 Å². The first-order valence-corrected chi connectivity index (χ1v) is 7.32. The highest BCUT2D eigenvalue weighted by molar-refractivity contribution is 5.83. The molecule has 0 saturated carbocycles. The highest BCUT2D eigenvalue weighted by atomic mass is 16.5. The van der Waals surface area contributed by atoms with Gasteiger partial charge in [0.05, 0.1) is 6.54 Å². The summed E-state index contributed by atoms with van der Waals surface area (Å²) in [6, 6.07) is 14.2. The summed E-state index contributed by atoms with van der Waals surface area (Å²) in [7, 11) is 1.88. The van der Waals surface area contributed by atoms with Crippen molar-refractivity contribution in [2.24, 2.45) is 0 Å². The predicted molar refractivity (Wildman–Crippen MR) is 85.6 cm³/mol. The van der Waals surface area contributed by atoms with Crippen LogP contribution in [0.25, 0.3) is 10.8 Å². The van der Waals surface area contributed by atoms with Crippen molar-refractivity contribution < 1.29 is 9.53 Å². The fraction of sp³-hybridized carbons (Fsp3) is 0.353. The van der Waals surface area contributed by atoms with E-state index >= 15 is 0 Å². The third-order valence-electron chi connectivity index (χ3n) is 3.24. The van der Waals surface area contributed by atoms with Crippen molar-refractivity contribution in [3.05, 3.63) is 42.5 Å². The molecule has 2 aromatic rings. The lowest BCUT2D eigenvalue weighted by atomic mass is 10.1.